The van der Waals surface area contributed by atoms with Gasteiger partial charge in [0.1, 0.15) is 0 Å². The zero-order valence-electron chi connectivity index (χ0n) is 8.90. The van der Waals surface area contributed by atoms with E-state index in [1.165, 1.54) is 6.42 Å². The van der Waals surface area contributed by atoms with Gasteiger partial charge in [-0.05, 0) is 32.4 Å². The third-order valence-electron chi connectivity index (χ3n) is 2.68. The Labute approximate surface area is 96.2 Å². The molecule has 0 aromatic rings. The van der Waals surface area contributed by atoms with Crippen LogP contribution in [-0.4, -0.2) is 40.7 Å². The predicted octanol–water partition coefficient (Wildman–Crippen LogP) is 2.05. The van der Waals surface area contributed by atoms with Crippen molar-refractivity contribution in [2.45, 2.75) is 36.7 Å². The van der Waals surface area contributed by atoms with Crippen molar-refractivity contribution in [1.29, 1.82) is 0 Å². The molecule has 1 fully saturated rings. The van der Waals surface area contributed by atoms with E-state index in [2.05, 4.69) is 18.9 Å². The number of likely N-dealkylation sites (tertiary alicyclic amines) is 1. The van der Waals surface area contributed by atoms with Gasteiger partial charge in [0.15, 0.2) is 0 Å². The van der Waals surface area contributed by atoms with Crippen LogP contribution in [0.15, 0.2) is 0 Å². The van der Waals surface area contributed by atoms with Gasteiger partial charge in [-0.15, -0.1) is 0 Å². The molecule has 0 aromatic heterocycles. The molecule has 0 radical (unpaired) electrons. The van der Waals surface area contributed by atoms with Crippen LogP contribution in [0, 0.1) is 0 Å². The molecule has 1 aliphatic rings. The van der Waals surface area contributed by atoms with E-state index in [0.717, 1.165) is 31.2 Å². The Kier molecular flexibility index (Phi) is 5.17. The first-order chi connectivity index (χ1) is 6.65. The van der Waals surface area contributed by atoms with Gasteiger partial charge in [0.05, 0.1) is 5.25 Å². The predicted molar refractivity (Wildman–Crippen MR) is 66.2 cm³/mol. The first-order valence-electron chi connectivity index (χ1n) is 5.14. The molecule has 0 aliphatic carbocycles. The molecule has 1 aliphatic heterocycles. The summed E-state index contributed by atoms with van der Waals surface area (Å²) in [7, 11) is 0. The Morgan fingerprint density at radius 1 is 1.50 bits per heavy atom. The van der Waals surface area contributed by atoms with Gasteiger partial charge in [-0.1, -0.05) is 0 Å². The van der Waals surface area contributed by atoms with Crippen LogP contribution in [0.1, 0.15) is 26.2 Å². The Hall–Kier alpha value is 0.170. The number of hydrogen-bond acceptors (Lipinski definition) is 3. The van der Waals surface area contributed by atoms with Crippen LogP contribution in [0.3, 0.4) is 0 Å². The molecule has 1 rings (SSSR count). The molecule has 4 heteroatoms. The average Bonchev–Trinajstić information content (AvgIpc) is 2.41. The van der Waals surface area contributed by atoms with E-state index in [9.17, 15) is 4.79 Å². The van der Waals surface area contributed by atoms with Crippen molar-refractivity contribution in [3.63, 3.8) is 0 Å². The second-order valence-electron chi connectivity index (χ2n) is 3.79. The molecule has 14 heavy (non-hydrogen) atoms. The maximum absolute atomic E-state index is 11.7. The largest absolute Gasteiger partial charge is 0.342 e. The summed E-state index contributed by atoms with van der Waals surface area (Å²) in [4.78, 5) is 13.7. The summed E-state index contributed by atoms with van der Waals surface area (Å²) >= 11 is 6.11. The van der Waals surface area contributed by atoms with E-state index in [0.29, 0.717) is 0 Å². The molecule has 2 unspecified atom stereocenters. The van der Waals surface area contributed by atoms with Crippen LogP contribution in [-0.2, 0) is 4.79 Å². The summed E-state index contributed by atoms with van der Waals surface area (Å²) in [6, 6.07) is 0. The molecule has 0 aromatic carbocycles. The molecule has 82 valence electrons. The first kappa shape index (κ1) is 12.2. The molecule has 0 N–H and O–H groups in total. The number of rotatable bonds is 2. The molecular weight excluding hydrogens is 214 g/mol. The van der Waals surface area contributed by atoms with Gasteiger partial charge in [-0.3, -0.25) is 4.79 Å². The van der Waals surface area contributed by atoms with Gasteiger partial charge in [-0.25, -0.2) is 0 Å². The standard InChI is InChI=1S/C10H19NOS2/c1-8(13)10(12)11-6-3-4-9(14-2)5-7-11/h8-9,13H,3-7H2,1-2H3. The fourth-order valence-electron chi connectivity index (χ4n) is 1.79. The number of thioether (sulfide) groups is 1. The summed E-state index contributed by atoms with van der Waals surface area (Å²) in [5.41, 5.74) is 0. The number of carbonyl (C=O) groups is 1. The minimum Gasteiger partial charge on any atom is -0.342 e. The summed E-state index contributed by atoms with van der Waals surface area (Å²) in [6.45, 7) is 3.68. The van der Waals surface area contributed by atoms with Crippen LogP contribution in [0.2, 0.25) is 0 Å². The minimum absolute atomic E-state index is 0.152. The van der Waals surface area contributed by atoms with Crippen LogP contribution in [0.25, 0.3) is 0 Å². The lowest BCUT2D eigenvalue weighted by Crippen LogP contribution is -2.36. The van der Waals surface area contributed by atoms with Gasteiger partial charge in [-0.2, -0.15) is 24.4 Å². The van der Waals surface area contributed by atoms with Gasteiger partial charge < -0.3 is 4.90 Å². The highest BCUT2D eigenvalue weighted by molar-refractivity contribution is 7.99. The minimum atomic E-state index is -0.152. The van der Waals surface area contributed by atoms with E-state index in [1.54, 1.807) is 0 Å². The van der Waals surface area contributed by atoms with Crippen molar-refractivity contribution in [1.82, 2.24) is 4.90 Å². The highest BCUT2D eigenvalue weighted by Gasteiger charge is 2.21. The fraction of sp³-hybridized carbons (Fsp3) is 0.900. The Morgan fingerprint density at radius 2 is 2.21 bits per heavy atom. The van der Waals surface area contributed by atoms with Crippen LogP contribution in [0.5, 0.6) is 0 Å². The molecular formula is C10H19NOS2. The topological polar surface area (TPSA) is 20.3 Å². The Bertz CT molecular complexity index is 197. The quantitative estimate of drug-likeness (QED) is 0.737. The average molecular weight is 233 g/mol. The van der Waals surface area contributed by atoms with Gasteiger partial charge in [0.25, 0.3) is 0 Å². The maximum Gasteiger partial charge on any atom is 0.235 e. The summed E-state index contributed by atoms with van der Waals surface area (Å²) in [6.07, 6.45) is 5.67. The Morgan fingerprint density at radius 3 is 2.79 bits per heavy atom. The summed E-state index contributed by atoms with van der Waals surface area (Å²) in [5.74, 6) is 0.190. The van der Waals surface area contributed by atoms with E-state index >= 15 is 0 Å². The number of carbonyl (C=O) groups excluding carboxylic acids is 1. The molecule has 0 saturated carbocycles. The van der Waals surface area contributed by atoms with Crippen LogP contribution < -0.4 is 0 Å². The third kappa shape index (κ3) is 3.39. The molecule has 2 atom stereocenters. The number of amides is 1. The number of hydrogen-bond donors (Lipinski definition) is 1. The Balaban J connectivity index is 2.45. The summed E-state index contributed by atoms with van der Waals surface area (Å²) in [5, 5.41) is 0.587. The SMILES string of the molecule is CSC1CCCN(C(=O)C(C)S)CC1. The molecule has 1 heterocycles. The number of thiol groups is 1. The lowest BCUT2D eigenvalue weighted by Gasteiger charge is -2.22. The lowest BCUT2D eigenvalue weighted by atomic mass is 10.2. The van der Waals surface area contributed by atoms with Crippen molar-refractivity contribution < 1.29 is 4.79 Å². The normalized spacial score (nSPS) is 25.6. The second-order valence-corrected chi connectivity index (χ2v) is 5.70. The summed E-state index contributed by atoms with van der Waals surface area (Å²) < 4.78 is 0. The van der Waals surface area contributed by atoms with Crippen molar-refractivity contribution in [3.8, 4) is 0 Å². The molecule has 0 bridgehead atoms. The third-order valence-corrected chi connectivity index (χ3v) is 4.04. The number of nitrogens with zero attached hydrogens (tertiary/aromatic N) is 1. The van der Waals surface area contributed by atoms with Crippen molar-refractivity contribution in [2.24, 2.45) is 0 Å². The second kappa shape index (κ2) is 5.91. The van der Waals surface area contributed by atoms with Crippen molar-refractivity contribution in [3.05, 3.63) is 0 Å². The van der Waals surface area contributed by atoms with E-state index < -0.39 is 0 Å². The van der Waals surface area contributed by atoms with Crippen molar-refractivity contribution >= 4 is 30.3 Å². The first-order valence-corrected chi connectivity index (χ1v) is 6.95. The van der Waals surface area contributed by atoms with Crippen LogP contribution >= 0.6 is 24.4 Å². The lowest BCUT2D eigenvalue weighted by molar-refractivity contribution is -0.130. The van der Waals surface area contributed by atoms with Gasteiger partial charge >= 0.3 is 0 Å². The molecule has 0 spiro atoms. The van der Waals surface area contributed by atoms with Crippen LogP contribution in [0.4, 0.5) is 0 Å². The highest BCUT2D eigenvalue weighted by atomic mass is 32.2. The fourth-order valence-corrected chi connectivity index (χ4v) is 2.69. The molecule has 1 amide bonds. The zero-order chi connectivity index (χ0) is 10.6. The smallest absolute Gasteiger partial charge is 0.235 e. The van der Waals surface area contributed by atoms with Gasteiger partial charge in [0.2, 0.25) is 5.91 Å². The monoisotopic (exact) mass is 233 g/mol. The van der Waals surface area contributed by atoms with E-state index in [-0.39, 0.29) is 11.2 Å². The van der Waals surface area contributed by atoms with E-state index in [4.69, 9.17) is 0 Å². The maximum atomic E-state index is 11.7. The highest BCUT2D eigenvalue weighted by Crippen LogP contribution is 2.21. The zero-order valence-corrected chi connectivity index (χ0v) is 10.6. The van der Waals surface area contributed by atoms with Gasteiger partial charge in [0, 0.05) is 18.3 Å². The van der Waals surface area contributed by atoms with Crippen molar-refractivity contribution in [2.75, 3.05) is 19.3 Å². The molecule has 1 saturated heterocycles. The molecule has 2 nitrogen and oxygen atoms in total. The van der Waals surface area contributed by atoms with E-state index in [1.807, 2.05) is 23.6 Å².